The van der Waals surface area contributed by atoms with Crippen LogP contribution in [0.5, 0.6) is 0 Å². The van der Waals surface area contributed by atoms with E-state index in [0.717, 1.165) is 12.0 Å². The number of pyridine rings is 1. The zero-order valence-electron chi connectivity index (χ0n) is 15.1. The summed E-state index contributed by atoms with van der Waals surface area (Å²) in [4.78, 5) is 17.4. The van der Waals surface area contributed by atoms with E-state index in [0.29, 0.717) is 22.7 Å². The number of benzene rings is 2. The van der Waals surface area contributed by atoms with Gasteiger partial charge < -0.3 is 5.73 Å². The van der Waals surface area contributed by atoms with Crippen molar-refractivity contribution in [3.05, 3.63) is 89.7 Å². The highest BCUT2D eigenvalue weighted by Crippen LogP contribution is 2.27. The number of rotatable bonds is 5. The summed E-state index contributed by atoms with van der Waals surface area (Å²) >= 11 is -0.643. The molecule has 0 unspecified atom stereocenters. The van der Waals surface area contributed by atoms with Crippen LogP contribution >= 0.6 is 21.0 Å². The highest BCUT2D eigenvalue weighted by molar-refractivity contribution is 14.2. The first-order valence-corrected chi connectivity index (χ1v) is 11.4. The fraction of sp³-hybridized carbons (Fsp3) is 0.0455. The Morgan fingerprint density at radius 2 is 1.75 bits per heavy atom. The van der Waals surface area contributed by atoms with Gasteiger partial charge in [0.15, 0.2) is 5.65 Å². The van der Waals surface area contributed by atoms with Crippen molar-refractivity contribution in [2.45, 2.75) is 6.42 Å². The minimum absolute atomic E-state index is 0.177. The Labute approximate surface area is 173 Å². The van der Waals surface area contributed by atoms with E-state index < -0.39 is 21.0 Å². The van der Waals surface area contributed by atoms with E-state index in [1.165, 1.54) is 11.1 Å². The lowest BCUT2D eigenvalue weighted by molar-refractivity contribution is 0.0984. The number of carbonyl (C=O) groups is 1. The lowest BCUT2D eigenvalue weighted by Crippen LogP contribution is -2.16. The second-order valence-corrected chi connectivity index (χ2v) is 7.68. The maximum Gasteiger partial charge on any atom is 0.278 e. The molecule has 0 atom stereocenters. The molecule has 0 spiro atoms. The third-order valence-electron chi connectivity index (χ3n) is 4.53. The zero-order chi connectivity index (χ0) is 19.5. The monoisotopic (exact) mass is 482 g/mol. The van der Waals surface area contributed by atoms with Crippen LogP contribution in [0, 0.1) is 0 Å². The number of nitrogens with two attached hydrogens (primary N) is 1. The number of nitrogens with one attached hydrogen (secondary N) is 1. The predicted molar refractivity (Wildman–Crippen MR) is 123 cm³/mol. The molecular weight excluding hydrogens is 463 g/mol. The van der Waals surface area contributed by atoms with Crippen molar-refractivity contribution < 1.29 is 4.79 Å². The summed E-state index contributed by atoms with van der Waals surface area (Å²) in [6.07, 6.45) is 2.67. The van der Waals surface area contributed by atoms with Gasteiger partial charge in [-0.05, 0) is 55.2 Å². The Kier molecular flexibility index (Phi) is 5.21. The van der Waals surface area contributed by atoms with Crippen LogP contribution in [0.3, 0.4) is 0 Å². The molecule has 4 rings (SSSR count). The summed E-state index contributed by atoms with van der Waals surface area (Å²) in [5.74, 6) is -0.177. The molecule has 0 saturated carbocycles. The molecule has 0 fully saturated rings. The van der Waals surface area contributed by atoms with Crippen molar-refractivity contribution >= 4 is 42.8 Å². The van der Waals surface area contributed by atoms with Gasteiger partial charge >= 0.3 is 0 Å². The zero-order valence-corrected chi connectivity index (χ0v) is 17.3. The van der Waals surface area contributed by atoms with Crippen LogP contribution in [0.15, 0.2) is 72.9 Å². The molecule has 2 aromatic carbocycles. The number of hydrogen-bond donors (Lipinski definition) is 2. The maximum absolute atomic E-state index is 12.7. The van der Waals surface area contributed by atoms with Crippen LogP contribution in [0.25, 0.3) is 16.9 Å². The van der Waals surface area contributed by atoms with E-state index in [2.05, 4.69) is 37.3 Å². The third-order valence-corrected chi connectivity index (χ3v) is 5.40. The molecule has 6 heteroatoms. The summed E-state index contributed by atoms with van der Waals surface area (Å²) in [5, 5.41) is 0. The summed E-state index contributed by atoms with van der Waals surface area (Å²) in [6.45, 7) is 0. The number of hydrogen-bond acceptors (Lipinski definition) is 3. The standard InChI is InChI=1S/C22H19IN4O/c1-23-26-22(28)20-19(25-21-18(24)8-5-13-27(20)21)17-11-9-16(10-12-17)14-15-6-3-2-4-7-15/h2-13H,1,14,24H2,(H,26,28). The molecule has 0 aliphatic heterocycles. The Bertz CT molecular complexity index is 1150. The molecule has 0 aliphatic carbocycles. The van der Waals surface area contributed by atoms with Crippen LogP contribution in [-0.2, 0) is 6.42 Å². The molecule has 0 aliphatic rings. The van der Waals surface area contributed by atoms with Crippen molar-refractivity contribution in [2.24, 2.45) is 0 Å². The van der Waals surface area contributed by atoms with Gasteiger partial charge in [0.25, 0.3) is 5.91 Å². The molecule has 28 heavy (non-hydrogen) atoms. The number of nitrogens with zero attached hydrogens (tertiary/aromatic N) is 2. The molecule has 0 radical (unpaired) electrons. The number of aromatic nitrogens is 2. The topological polar surface area (TPSA) is 72.4 Å². The fourth-order valence-corrected chi connectivity index (χ4v) is 3.83. The maximum atomic E-state index is 12.7. The Morgan fingerprint density at radius 1 is 1.04 bits per heavy atom. The lowest BCUT2D eigenvalue weighted by atomic mass is 10.0. The van der Waals surface area contributed by atoms with E-state index in [9.17, 15) is 4.79 Å². The molecule has 4 aromatic rings. The van der Waals surface area contributed by atoms with E-state index >= 15 is 0 Å². The number of imidazole rings is 1. The summed E-state index contributed by atoms with van der Waals surface area (Å²) in [7, 11) is 0. The third kappa shape index (κ3) is 3.55. The van der Waals surface area contributed by atoms with Gasteiger partial charge in [0.05, 0.1) is 5.69 Å². The molecular formula is C22H19IN4O. The summed E-state index contributed by atoms with van der Waals surface area (Å²) < 4.78 is 8.43. The fourth-order valence-electron chi connectivity index (χ4n) is 3.22. The average molecular weight is 482 g/mol. The Balaban J connectivity index is 1.76. The number of nitrogen functional groups attached to an aromatic ring is 1. The van der Waals surface area contributed by atoms with Crippen molar-refractivity contribution in [3.63, 3.8) is 0 Å². The minimum Gasteiger partial charge on any atom is -0.396 e. The molecule has 0 saturated heterocycles. The molecule has 2 aromatic heterocycles. The molecule has 140 valence electrons. The first-order valence-electron chi connectivity index (χ1n) is 8.75. The SMILES string of the molecule is C=INC(=O)c1c(-c2ccc(Cc3ccccc3)cc2)nc2c(N)cccn12. The quantitative estimate of drug-likeness (QED) is 0.331. The van der Waals surface area contributed by atoms with Crippen LogP contribution in [0.1, 0.15) is 21.6 Å². The largest absolute Gasteiger partial charge is 0.396 e. The molecule has 0 bridgehead atoms. The van der Waals surface area contributed by atoms with Gasteiger partial charge in [-0.1, -0.05) is 54.6 Å². The number of amides is 1. The van der Waals surface area contributed by atoms with Crippen LogP contribution in [-0.4, -0.2) is 19.8 Å². The van der Waals surface area contributed by atoms with Crippen molar-refractivity contribution in [2.75, 3.05) is 5.73 Å². The molecule has 3 N–H and O–H groups in total. The van der Waals surface area contributed by atoms with E-state index in [1.54, 1.807) is 10.5 Å². The van der Waals surface area contributed by atoms with Crippen LogP contribution in [0.2, 0.25) is 0 Å². The summed E-state index contributed by atoms with van der Waals surface area (Å²) in [5.41, 5.74) is 11.7. The molecule has 2 heterocycles. The first kappa shape index (κ1) is 18.4. The normalized spacial score (nSPS) is 10.9. The predicted octanol–water partition coefficient (Wildman–Crippen LogP) is 4.22. The van der Waals surface area contributed by atoms with Crippen LogP contribution < -0.4 is 9.26 Å². The highest BCUT2D eigenvalue weighted by Gasteiger charge is 2.21. The van der Waals surface area contributed by atoms with Gasteiger partial charge in [-0.25, -0.2) is 4.98 Å². The van der Waals surface area contributed by atoms with Gasteiger partial charge in [-0.3, -0.25) is 12.7 Å². The Morgan fingerprint density at radius 3 is 2.46 bits per heavy atom. The first-order chi connectivity index (χ1) is 13.7. The second-order valence-electron chi connectivity index (χ2n) is 6.38. The highest BCUT2D eigenvalue weighted by atomic mass is 127. The van der Waals surface area contributed by atoms with Gasteiger partial charge in [-0.15, -0.1) is 0 Å². The smallest absolute Gasteiger partial charge is 0.278 e. The average Bonchev–Trinajstić information content (AvgIpc) is 3.11. The Hall–Kier alpha value is -3.00. The summed E-state index contributed by atoms with van der Waals surface area (Å²) in [6, 6.07) is 22.1. The lowest BCUT2D eigenvalue weighted by Gasteiger charge is -2.06. The number of anilines is 1. The van der Waals surface area contributed by atoms with Gasteiger partial charge in [-0.2, -0.15) is 0 Å². The molecule has 5 nitrogen and oxygen atoms in total. The van der Waals surface area contributed by atoms with E-state index in [1.807, 2.05) is 42.6 Å². The van der Waals surface area contributed by atoms with Crippen LogP contribution in [0.4, 0.5) is 5.69 Å². The van der Waals surface area contributed by atoms with E-state index in [-0.39, 0.29) is 5.91 Å². The number of fused-ring (bicyclic) bond motifs is 1. The minimum atomic E-state index is -0.643. The van der Waals surface area contributed by atoms with Gasteiger partial charge in [0.1, 0.15) is 11.4 Å². The van der Waals surface area contributed by atoms with Crippen molar-refractivity contribution in [3.8, 4) is 11.3 Å². The van der Waals surface area contributed by atoms with Crippen molar-refractivity contribution in [1.29, 1.82) is 0 Å². The van der Waals surface area contributed by atoms with Crippen molar-refractivity contribution in [1.82, 2.24) is 12.9 Å². The van der Waals surface area contributed by atoms with E-state index in [4.69, 9.17) is 5.73 Å². The number of carbonyl (C=O) groups excluding carboxylic acids is 1. The second kappa shape index (κ2) is 7.93. The molecule has 1 amide bonds. The number of halogens is 1. The van der Waals surface area contributed by atoms with Gasteiger partial charge in [0, 0.05) is 11.8 Å². The van der Waals surface area contributed by atoms with Gasteiger partial charge in [0.2, 0.25) is 0 Å².